The fourth-order valence-corrected chi connectivity index (χ4v) is 5.68. The molecule has 244 valence electrons. The summed E-state index contributed by atoms with van der Waals surface area (Å²) in [5.74, 6) is -0.873. The van der Waals surface area contributed by atoms with Crippen LogP contribution in [0.25, 0.3) is 10.9 Å². The summed E-state index contributed by atoms with van der Waals surface area (Å²) < 4.78 is 86.6. The summed E-state index contributed by atoms with van der Waals surface area (Å²) >= 11 is 0. The van der Waals surface area contributed by atoms with Crippen LogP contribution in [0.1, 0.15) is 27.0 Å². The molecule has 2 N–H and O–H groups in total. The number of aromatic amines is 1. The van der Waals surface area contributed by atoms with Gasteiger partial charge in [-0.1, -0.05) is 24.3 Å². The number of halogens is 6. The van der Waals surface area contributed by atoms with Crippen molar-refractivity contribution in [1.29, 1.82) is 0 Å². The first-order valence-corrected chi connectivity index (χ1v) is 14.7. The summed E-state index contributed by atoms with van der Waals surface area (Å²) in [5, 5.41) is 0.929. The molecule has 1 amide bonds. The number of carbonyl (C=O) groups is 1. The maximum absolute atomic E-state index is 13.7. The number of carbonyl (C=O) groups excluding carboxylic acids is 1. The fourth-order valence-electron chi connectivity index (χ4n) is 5.68. The number of hydrogen-bond donors (Lipinski definition) is 2. The van der Waals surface area contributed by atoms with Crippen molar-refractivity contribution in [3.63, 3.8) is 0 Å². The Balaban J connectivity index is 1.29. The van der Waals surface area contributed by atoms with E-state index in [0.717, 1.165) is 36.1 Å². The molecule has 0 aliphatic carbocycles. The predicted molar refractivity (Wildman–Crippen MR) is 155 cm³/mol. The number of amides is 1. The van der Waals surface area contributed by atoms with E-state index in [9.17, 15) is 31.1 Å². The molecule has 45 heavy (non-hydrogen) atoms. The Labute approximate surface area is 256 Å². The Bertz CT molecular complexity index is 1440. The van der Waals surface area contributed by atoms with Crippen LogP contribution in [0.2, 0.25) is 0 Å². The van der Waals surface area contributed by atoms with Gasteiger partial charge in [-0.25, -0.2) is 0 Å². The number of alkyl halides is 6. The van der Waals surface area contributed by atoms with Crippen molar-refractivity contribution in [3.8, 4) is 0 Å². The molecule has 1 atom stereocenters. The molecular formula is C31H35F6N5O3. The number of hydrogen-bond acceptors (Lipinski definition) is 6. The molecule has 14 heteroatoms. The summed E-state index contributed by atoms with van der Waals surface area (Å²) in [6, 6.07) is 8.09. The van der Waals surface area contributed by atoms with Crippen molar-refractivity contribution < 1.29 is 40.7 Å². The summed E-state index contributed by atoms with van der Waals surface area (Å²) in [6.45, 7) is 5.77. The van der Waals surface area contributed by atoms with Gasteiger partial charge in [0.25, 0.3) is 5.91 Å². The maximum Gasteiger partial charge on any atom is 0.416 e. The van der Waals surface area contributed by atoms with E-state index in [-0.39, 0.29) is 12.6 Å². The first kappa shape index (κ1) is 32.8. The lowest BCUT2D eigenvalue weighted by molar-refractivity contribution is -0.143. The standard InChI is InChI=1S/C31H35F6N5O3/c32-30(33,34)24-16-22(17-25(19-24)31(35,36)37)29(43)42-9-8-41(7-3-6-39-45-15-12-40-10-13-44-14-11-40)21-26(42)18-23-20-38-28-5-2-1-4-27(23)28/h1-6,16-17,19-20,26,38-39H,7-15,18,21H2/t26-/m1/s1. The highest BCUT2D eigenvalue weighted by atomic mass is 19.4. The van der Waals surface area contributed by atoms with Crippen molar-refractivity contribution in [2.45, 2.75) is 24.8 Å². The second-order valence-corrected chi connectivity index (χ2v) is 11.1. The number of morpholine rings is 1. The van der Waals surface area contributed by atoms with Crippen LogP contribution in [0.5, 0.6) is 0 Å². The molecule has 2 aliphatic rings. The third-order valence-corrected chi connectivity index (χ3v) is 8.04. The number of fused-ring (bicyclic) bond motifs is 1. The van der Waals surface area contributed by atoms with Gasteiger partial charge in [-0.2, -0.15) is 26.3 Å². The van der Waals surface area contributed by atoms with E-state index in [1.807, 2.05) is 36.5 Å². The zero-order chi connectivity index (χ0) is 32.0. The monoisotopic (exact) mass is 639 g/mol. The highest BCUT2D eigenvalue weighted by Crippen LogP contribution is 2.37. The minimum atomic E-state index is -5.05. The van der Waals surface area contributed by atoms with Gasteiger partial charge in [-0.3, -0.25) is 24.9 Å². The molecule has 1 aromatic heterocycles. The molecule has 0 radical (unpaired) electrons. The number of piperazine rings is 1. The highest BCUT2D eigenvalue weighted by Gasteiger charge is 2.39. The van der Waals surface area contributed by atoms with Crippen molar-refractivity contribution in [3.05, 3.63) is 83.2 Å². The minimum absolute atomic E-state index is 0.0326. The summed E-state index contributed by atoms with van der Waals surface area (Å²) in [7, 11) is 0. The van der Waals surface area contributed by atoms with E-state index < -0.39 is 41.0 Å². The molecule has 2 aliphatic heterocycles. The SMILES string of the molecule is O=C(c1cc(C(F)(F)F)cc(C(F)(F)F)c1)N1CCN(CC=CNOCCN2CCOCC2)C[C@H]1Cc1c[nH]c2ccccc12. The Hall–Kier alpha value is -3.59. The van der Waals surface area contributed by atoms with Gasteiger partial charge < -0.3 is 14.6 Å². The van der Waals surface area contributed by atoms with Gasteiger partial charge in [0, 0.05) is 80.7 Å². The molecule has 3 aromatic rings. The summed E-state index contributed by atoms with van der Waals surface area (Å²) in [6.07, 6.45) is -4.40. The number of para-hydroxylation sites is 1. The summed E-state index contributed by atoms with van der Waals surface area (Å²) in [4.78, 5) is 28.0. The van der Waals surface area contributed by atoms with Crippen LogP contribution < -0.4 is 5.48 Å². The largest absolute Gasteiger partial charge is 0.416 e. The molecule has 0 unspecified atom stereocenters. The zero-order valence-corrected chi connectivity index (χ0v) is 24.5. The maximum atomic E-state index is 13.7. The van der Waals surface area contributed by atoms with E-state index in [1.165, 1.54) is 4.90 Å². The van der Waals surface area contributed by atoms with Crippen LogP contribution in [0, 0.1) is 0 Å². The Morgan fingerprint density at radius 2 is 1.69 bits per heavy atom. The first-order valence-electron chi connectivity index (χ1n) is 14.7. The zero-order valence-electron chi connectivity index (χ0n) is 24.5. The fraction of sp³-hybridized carbons (Fsp3) is 0.452. The molecule has 0 bridgehead atoms. The Morgan fingerprint density at radius 1 is 0.978 bits per heavy atom. The smallest absolute Gasteiger partial charge is 0.379 e. The molecule has 8 nitrogen and oxygen atoms in total. The normalized spacial score (nSPS) is 19.1. The molecule has 2 aromatic carbocycles. The van der Waals surface area contributed by atoms with E-state index in [1.54, 1.807) is 6.20 Å². The average molecular weight is 640 g/mol. The number of H-pyrrole nitrogens is 1. The van der Waals surface area contributed by atoms with Gasteiger partial charge in [-0.05, 0) is 36.2 Å². The lowest BCUT2D eigenvalue weighted by atomic mass is 9.98. The molecular weight excluding hydrogens is 604 g/mol. The lowest BCUT2D eigenvalue weighted by Gasteiger charge is -2.41. The van der Waals surface area contributed by atoms with E-state index in [2.05, 4.69) is 20.3 Å². The number of nitrogens with zero attached hydrogens (tertiary/aromatic N) is 3. The predicted octanol–water partition coefficient (Wildman–Crippen LogP) is 4.94. The second-order valence-electron chi connectivity index (χ2n) is 11.1. The first-order chi connectivity index (χ1) is 21.5. The van der Waals surface area contributed by atoms with Crippen LogP contribution in [-0.2, 0) is 28.3 Å². The molecule has 2 saturated heterocycles. The molecule has 5 rings (SSSR count). The number of hydroxylamine groups is 1. The van der Waals surface area contributed by atoms with E-state index in [4.69, 9.17) is 9.57 Å². The van der Waals surface area contributed by atoms with E-state index in [0.29, 0.717) is 58.0 Å². The van der Waals surface area contributed by atoms with Crippen molar-refractivity contribution in [2.75, 3.05) is 65.6 Å². The second kappa shape index (κ2) is 14.2. The van der Waals surface area contributed by atoms with Crippen LogP contribution in [0.15, 0.2) is 60.9 Å². The summed E-state index contributed by atoms with van der Waals surface area (Å²) in [5.41, 5.74) is 0.892. The Kier molecular flexibility index (Phi) is 10.4. The number of aromatic nitrogens is 1. The van der Waals surface area contributed by atoms with Crippen molar-refractivity contribution in [2.24, 2.45) is 0 Å². The molecule has 2 fully saturated rings. The molecule has 0 saturated carbocycles. The van der Waals surface area contributed by atoms with Gasteiger partial charge in [0.05, 0.1) is 30.9 Å². The van der Waals surface area contributed by atoms with Crippen molar-refractivity contribution in [1.82, 2.24) is 25.2 Å². The Morgan fingerprint density at radius 3 is 2.40 bits per heavy atom. The quantitative estimate of drug-likeness (QED) is 0.186. The van der Waals surface area contributed by atoms with Gasteiger partial charge in [-0.15, -0.1) is 0 Å². The van der Waals surface area contributed by atoms with Crippen LogP contribution >= 0.6 is 0 Å². The number of benzene rings is 2. The third-order valence-electron chi connectivity index (χ3n) is 8.04. The van der Waals surface area contributed by atoms with Gasteiger partial charge in [0.15, 0.2) is 0 Å². The van der Waals surface area contributed by atoms with Crippen LogP contribution in [0.3, 0.4) is 0 Å². The third kappa shape index (κ3) is 8.57. The number of ether oxygens (including phenoxy) is 1. The highest BCUT2D eigenvalue weighted by molar-refractivity contribution is 5.95. The van der Waals surface area contributed by atoms with Gasteiger partial charge in [0.1, 0.15) is 0 Å². The van der Waals surface area contributed by atoms with Crippen LogP contribution in [-0.4, -0.2) is 97.3 Å². The minimum Gasteiger partial charge on any atom is -0.379 e. The van der Waals surface area contributed by atoms with Gasteiger partial charge in [0.2, 0.25) is 0 Å². The molecule has 3 heterocycles. The lowest BCUT2D eigenvalue weighted by Crippen LogP contribution is -2.56. The van der Waals surface area contributed by atoms with E-state index >= 15 is 0 Å². The van der Waals surface area contributed by atoms with Crippen LogP contribution in [0.4, 0.5) is 26.3 Å². The van der Waals surface area contributed by atoms with Gasteiger partial charge >= 0.3 is 12.4 Å². The molecule has 0 spiro atoms. The topological polar surface area (TPSA) is 73.1 Å². The number of nitrogens with one attached hydrogen (secondary N) is 2. The van der Waals surface area contributed by atoms with Crippen molar-refractivity contribution >= 4 is 16.8 Å². The average Bonchev–Trinajstić information content (AvgIpc) is 3.42. The number of rotatable bonds is 10.